The lowest BCUT2D eigenvalue weighted by Crippen LogP contribution is -2.12. The van der Waals surface area contributed by atoms with Crippen molar-refractivity contribution < 1.29 is 9.53 Å². The smallest absolute Gasteiger partial charge is 0.256 e. The second-order valence-electron chi connectivity index (χ2n) is 6.58. The van der Waals surface area contributed by atoms with Crippen molar-refractivity contribution in [2.75, 3.05) is 5.32 Å². The number of amides is 1. The number of imidazole rings is 1. The fourth-order valence-electron chi connectivity index (χ4n) is 2.80. The van der Waals surface area contributed by atoms with Crippen LogP contribution in [0, 0.1) is 13.8 Å². The SMILES string of the molecule is Cc1ncn(-c2ccc(Oc3ccc(NC(=O)c4ccccc4Br)cc3)nn2)c1C. The van der Waals surface area contributed by atoms with E-state index in [0.29, 0.717) is 28.7 Å². The van der Waals surface area contributed by atoms with Crippen molar-refractivity contribution in [3.8, 4) is 17.4 Å². The van der Waals surface area contributed by atoms with Gasteiger partial charge in [-0.2, -0.15) is 0 Å². The first-order chi connectivity index (χ1) is 14.5. The molecule has 30 heavy (non-hydrogen) atoms. The van der Waals surface area contributed by atoms with E-state index in [0.717, 1.165) is 15.9 Å². The molecule has 4 aromatic rings. The number of ether oxygens (including phenoxy) is 1. The Labute approximate surface area is 181 Å². The lowest BCUT2D eigenvalue weighted by atomic mass is 10.2. The number of aryl methyl sites for hydroxylation is 1. The molecular formula is C22H18BrN5O2. The number of carbonyl (C=O) groups is 1. The van der Waals surface area contributed by atoms with Crippen LogP contribution in [0.25, 0.3) is 5.82 Å². The van der Waals surface area contributed by atoms with Gasteiger partial charge in [0.05, 0.1) is 11.3 Å². The van der Waals surface area contributed by atoms with Gasteiger partial charge in [-0.05, 0) is 72.2 Å². The zero-order valence-electron chi connectivity index (χ0n) is 16.3. The molecule has 0 spiro atoms. The maximum absolute atomic E-state index is 12.4. The third-order valence-electron chi connectivity index (χ3n) is 4.58. The Bertz CT molecular complexity index is 1190. The number of rotatable bonds is 5. The highest BCUT2D eigenvalue weighted by molar-refractivity contribution is 9.10. The van der Waals surface area contributed by atoms with Gasteiger partial charge in [0.15, 0.2) is 5.82 Å². The van der Waals surface area contributed by atoms with E-state index in [1.165, 1.54) is 0 Å². The first-order valence-corrected chi connectivity index (χ1v) is 9.99. The van der Waals surface area contributed by atoms with Gasteiger partial charge < -0.3 is 10.1 Å². The van der Waals surface area contributed by atoms with E-state index >= 15 is 0 Å². The van der Waals surface area contributed by atoms with Crippen molar-refractivity contribution in [3.63, 3.8) is 0 Å². The molecule has 0 aliphatic heterocycles. The van der Waals surface area contributed by atoms with Crippen LogP contribution in [0.2, 0.25) is 0 Å². The maximum Gasteiger partial charge on any atom is 0.256 e. The number of carbonyl (C=O) groups excluding carboxylic acids is 1. The Kier molecular flexibility index (Phi) is 5.58. The number of aromatic nitrogens is 4. The first-order valence-electron chi connectivity index (χ1n) is 9.20. The van der Waals surface area contributed by atoms with Gasteiger partial charge in [0.25, 0.3) is 5.91 Å². The number of nitrogens with one attached hydrogen (secondary N) is 1. The third-order valence-corrected chi connectivity index (χ3v) is 5.27. The molecule has 0 aliphatic carbocycles. The number of benzene rings is 2. The minimum atomic E-state index is -0.192. The molecule has 8 heteroatoms. The quantitative estimate of drug-likeness (QED) is 0.445. The zero-order valence-corrected chi connectivity index (χ0v) is 17.9. The Morgan fingerprint density at radius 2 is 1.77 bits per heavy atom. The monoisotopic (exact) mass is 463 g/mol. The Hall–Kier alpha value is -3.52. The van der Waals surface area contributed by atoms with Crippen molar-refractivity contribution in [1.82, 2.24) is 19.7 Å². The third kappa shape index (κ3) is 4.23. The summed E-state index contributed by atoms with van der Waals surface area (Å²) in [6, 6.07) is 17.9. The summed E-state index contributed by atoms with van der Waals surface area (Å²) >= 11 is 3.39. The summed E-state index contributed by atoms with van der Waals surface area (Å²) in [5, 5.41) is 11.2. The molecular weight excluding hydrogens is 446 g/mol. The van der Waals surface area contributed by atoms with Crippen LogP contribution < -0.4 is 10.1 Å². The number of anilines is 1. The summed E-state index contributed by atoms with van der Waals surface area (Å²) in [5.41, 5.74) is 3.19. The van der Waals surface area contributed by atoms with Gasteiger partial charge in [-0.15, -0.1) is 10.2 Å². The normalized spacial score (nSPS) is 10.6. The van der Waals surface area contributed by atoms with Crippen LogP contribution in [-0.4, -0.2) is 25.7 Å². The van der Waals surface area contributed by atoms with Gasteiger partial charge in [0.1, 0.15) is 12.1 Å². The number of halogens is 1. The lowest BCUT2D eigenvalue weighted by Gasteiger charge is -2.09. The predicted octanol–water partition coefficient (Wildman–Crippen LogP) is 5.09. The van der Waals surface area contributed by atoms with Crippen molar-refractivity contribution >= 4 is 27.5 Å². The van der Waals surface area contributed by atoms with Crippen LogP contribution >= 0.6 is 15.9 Å². The molecule has 7 nitrogen and oxygen atoms in total. The topological polar surface area (TPSA) is 81.9 Å². The molecule has 0 saturated carbocycles. The molecule has 150 valence electrons. The van der Waals surface area contributed by atoms with Crippen LogP contribution in [0.1, 0.15) is 21.7 Å². The molecule has 0 bridgehead atoms. The molecule has 4 rings (SSSR count). The first kappa shape index (κ1) is 19.8. The molecule has 1 N–H and O–H groups in total. The molecule has 0 saturated heterocycles. The van der Waals surface area contributed by atoms with E-state index < -0.39 is 0 Å². The van der Waals surface area contributed by atoms with Crippen LogP contribution in [0.5, 0.6) is 11.6 Å². The van der Waals surface area contributed by atoms with Gasteiger partial charge >= 0.3 is 0 Å². The van der Waals surface area contributed by atoms with Crippen LogP contribution in [0.3, 0.4) is 0 Å². The fraction of sp³-hybridized carbons (Fsp3) is 0.0909. The lowest BCUT2D eigenvalue weighted by molar-refractivity contribution is 0.102. The van der Waals surface area contributed by atoms with Gasteiger partial charge in [-0.25, -0.2) is 4.98 Å². The Morgan fingerprint density at radius 1 is 1.00 bits per heavy atom. The summed E-state index contributed by atoms with van der Waals surface area (Å²) in [7, 11) is 0. The minimum Gasteiger partial charge on any atom is -0.438 e. The second kappa shape index (κ2) is 8.46. The maximum atomic E-state index is 12.4. The summed E-state index contributed by atoms with van der Waals surface area (Å²) in [5.74, 6) is 1.44. The highest BCUT2D eigenvalue weighted by atomic mass is 79.9. The molecule has 2 heterocycles. The summed E-state index contributed by atoms with van der Waals surface area (Å²) in [6.07, 6.45) is 1.72. The average molecular weight is 464 g/mol. The van der Waals surface area contributed by atoms with E-state index in [9.17, 15) is 4.79 Å². The van der Waals surface area contributed by atoms with Crippen LogP contribution in [0.15, 0.2) is 71.5 Å². The highest BCUT2D eigenvalue weighted by Gasteiger charge is 2.10. The molecule has 0 atom stereocenters. The number of hydrogen-bond acceptors (Lipinski definition) is 5. The average Bonchev–Trinajstić information content (AvgIpc) is 3.09. The second-order valence-corrected chi connectivity index (χ2v) is 7.43. The predicted molar refractivity (Wildman–Crippen MR) is 117 cm³/mol. The van der Waals surface area contributed by atoms with Gasteiger partial charge in [0.2, 0.25) is 5.88 Å². The van der Waals surface area contributed by atoms with E-state index in [-0.39, 0.29) is 5.91 Å². The minimum absolute atomic E-state index is 0.192. The standard InChI is InChI=1S/C22H18BrN5O2/c1-14-15(2)28(13-24-14)20-11-12-21(27-26-20)30-17-9-7-16(8-10-17)25-22(29)18-5-3-4-6-19(18)23/h3-13H,1-2H3,(H,25,29). The Morgan fingerprint density at radius 3 is 2.40 bits per heavy atom. The molecule has 2 aromatic carbocycles. The van der Waals surface area contributed by atoms with E-state index in [4.69, 9.17) is 4.74 Å². The zero-order chi connectivity index (χ0) is 21.1. The van der Waals surface area contributed by atoms with Crippen molar-refractivity contribution in [3.05, 3.63) is 88.4 Å². The van der Waals surface area contributed by atoms with Crippen LogP contribution in [0.4, 0.5) is 5.69 Å². The van der Waals surface area contributed by atoms with E-state index in [2.05, 4.69) is 36.4 Å². The van der Waals surface area contributed by atoms with Crippen LogP contribution in [-0.2, 0) is 0 Å². The van der Waals surface area contributed by atoms with Gasteiger partial charge in [-0.1, -0.05) is 12.1 Å². The van der Waals surface area contributed by atoms with E-state index in [1.807, 2.05) is 42.7 Å². The summed E-state index contributed by atoms with van der Waals surface area (Å²) in [4.78, 5) is 16.7. The molecule has 2 aromatic heterocycles. The summed E-state index contributed by atoms with van der Waals surface area (Å²) in [6.45, 7) is 3.92. The van der Waals surface area contributed by atoms with Crippen molar-refractivity contribution in [2.45, 2.75) is 13.8 Å². The molecule has 1 amide bonds. The largest absolute Gasteiger partial charge is 0.438 e. The molecule has 0 fully saturated rings. The summed E-state index contributed by atoms with van der Waals surface area (Å²) < 4.78 is 8.36. The fourth-order valence-corrected chi connectivity index (χ4v) is 3.26. The highest BCUT2D eigenvalue weighted by Crippen LogP contribution is 2.23. The van der Waals surface area contributed by atoms with E-state index in [1.54, 1.807) is 42.7 Å². The van der Waals surface area contributed by atoms with Gasteiger partial charge in [0, 0.05) is 21.9 Å². The molecule has 0 aliphatic rings. The molecule has 0 unspecified atom stereocenters. The van der Waals surface area contributed by atoms with Crippen molar-refractivity contribution in [1.29, 1.82) is 0 Å². The van der Waals surface area contributed by atoms with Gasteiger partial charge in [-0.3, -0.25) is 9.36 Å². The van der Waals surface area contributed by atoms with Crippen molar-refractivity contribution in [2.24, 2.45) is 0 Å². The Balaban J connectivity index is 1.42. The number of hydrogen-bond donors (Lipinski definition) is 1. The number of nitrogens with zero attached hydrogens (tertiary/aromatic N) is 4. The molecule has 0 radical (unpaired) electrons.